The highest BCUT2D eigenvalue weighted by atomic mass is 35.5. The number of carbonyl (C=O) groups excluding carboxylic acids is 1. The first kappa shape index (κ1) is 15.5. The summed E-state index contributed by atoms with van der Waals surface area (Å²) in [5.74, 6) is -1.40. The molecule has 0 atom stereocenters. The molecule has 2 aromatic carbocycles. The third kappa shape index (κ3) is 3.06. The molecule has 0 aliphatic carbocycles. The molecule has 0 spiro atoms. The molecule has 7 heteroatoms. The van der Waals surface area contributed by atoms with Gasteiger partial charge in [-0.1, -0.05) is 35.3 Å². The largest absolute Gasteiger partial charge is 0.421 e. The van der Waals surface area contributed by atoms with Gasteiger partial charge in [0.05, 0.1) is 10.7 Å². The minimum absolute atomic E-state index is 0.0406. The summed E-state index contributed by atoms with van der Waals surface area (Å²) in [6.07, 6.45) is 0. The van der Waals surface area contributed by atoms with E-state index in [1.54, 1.807) is 6.07 Å². The lowest BCUT2D eigenvalue weighted by Gasteiger charge is -2.07. The van der Waals surface area contributed by atoms with Gasteiger partial charge in [-0.2, -0.15) is 0 Å². The molecule has 1 aromatic heterocycles. The monoisotopic (exact) mass is 351 g/mol. The summed E-state index contributed by atoms with van der Waals surface area (Å²) < 4.78 is 18.6. The molecular formula is C16H8Cl2FNO3. The van der Waals surface area contributed by atoms with Gasteiger partial charge in [-0.25, -0.2) is 9.18 Å². The fraction of sp³-hybridized carbons (Fsp3) is 0. The van der Waals surface area contributed by atoms with Crippen LogP contribution in [0.5, 0.6) is 0 Å². The predicted molar refractivity (Wildman–Crippen MR) is 86.9 cm³/mol. The summed E-state index contributed by atoms with van der Waals surface area (Å²) in [6, 6.07) is 9.84. The van der Waals surface area contributed by atoms with Gasteiger partial charge in [-0.15, -0.1) is 0 Å². The molecular weight excluding hydrogens is 344 g/mol. The maximum Gasteiger partial charge on any atom is 0.349 e. The summed E-state index contributed by atoms with van der Waals surface area (Å²) in [6.45, 7) is 0. The Kier molecular flexibility index (Phi) is 4.07. The molecule has 0 saturated heterocycles. The standard InChI is InChI=1S/C16H8Cl2FNO3/c17-9-5-8-6-10(16(22)23-14(8)11(18)7-9)15(21)20-13-4-2-1-3-12(13)19/h1-7H,(H,20,21). The number of hydrogen-bond donors (Lipinski definition) is 1. The maximum absolute atomic E-state index is 13.6. The molecule has 3 aromatic rings. The highest BCUT2D eigenvalue weighted by molar-refractivity contribution is 6.38. The molecule has 1 N–H and O–H groups in total. The van der Waals surface area contributed by atoms with Crippen LogP contribution >= 0.6 is 23.2 Å². The van der Waals surface area contributed by atoms with Crippen molar-refractivity contribution in [2.45, 2.75) is 0 Å². The van der Waals surface area contributed by atoms with E-state index in [1.807, 2.05) is 0 Å². The molecule has 0 unspecified atom stereocenters. The number of para-hydroxylation sites is 1. The van der Waals surface area contributed by atoms with E-state index in [0.29, 0.717) is 10.4 Å². The lowest BCUT2D eigenvalue weighted by Crippen LogP contribution is -2.21. The van der Waals surface area contributed by atoms with Crippen LogP contribution in [-0.4, -0.2) is 5.91 Å². The van der Waals surface area contributed by atoms with Gasteiger partial charge in [0, 0.05) is 10.4 Å². The highest BCUT2D eigenvalue weighted by Crippen LogP contribution is 2.27. The molecule has 116 valence electrons. The topological polar surface area (TPSA) is 59.3 Å². The Morgan fingerprint density at radius 2 is 1.87 bits per heavy atom. The lowest BCUT2D eigenvalue weighted by atomic mass is 10.1. The van der Waals surface area contributed by atoms with Crippen LogP contribution in [0.25, 0.3) is 11.0 Å². The number of fused-ring (bicyclic) bond motifs is 1. The van der Waals surface area contributed by atoms with E-state index in [1.165, 1.54) is 36.4 Å². The van der Waals surface area contributed by atoms with Gasteiger partial charge < -0.3 is 9.73 Å². The minimum atomic E-state index is -0.879. The number of carbonyl (C=O) groups is 1. The third-order valence-electron chi connectivity index (χ3n) is 3.12. The molecule has 4 nitrogen and oxygen atoms in total. The van der Waals surface area contributed by atoms with Crippen LogP contribution in [0.4, 0.5) is 10.1 Å². The van der Waals surface area contributed by atoms with Gasteiger partial charge in [-0.3, -0.25) is 4.79 Å². The number of halogens is 3. The molecule has 0 aliphatic rings. The van der Waals surface area contributed by atoms with Crippen LogP contribution in [0.3, 0.4) is 0 Å². The number of anilines is 1. The van der Waals surface area contributed by atoms with E-state index in [2.05, 4.69) is 5.32 Å². The van der Waals surface area contributed by atoms with Gasteiger partial charge in [0.1, 0.15) is 11.4 Å². The van der Waals surface area contributed by atoms with E-state index in [-0.39, 0.29) is 21.9 Å². The fourth-order valence-corrected chi connectivity index (χ4v) is 2.62. The number of rotatable bonds is 2. The van der Waals surface area contributed by atoms with Crippen LogP contribution in [-0.2, 0) is 0 Å². The second kappa shape index (κ2) is 6.02. The van der Waals surface area contributed by atoms with Crippen molar-refractivity contribution in [1.29, 1.82) is 0 Å². The Labute approximate surface area is 139 Å². The Balaban J connectivity index is 2.06. The van der Waals surface area contributed by atoms with E-state index in [9.17, 15) is 14.0 Å². The maximum atomic E-state index is 13.6. The van der Waals surface area contributed by atoms with Crippen molar-refractivity contribution in [1.82, 2.24) is 0 Å². The zero-order chi connectivity index (χ0) is 16.6. The summed E-state index contributed by atoms with van der Waals surface area (Å²) in [5, 5.41) is 3.20. The normalized spacial score (nSPS) is 10.7. The Hall–Kier alpha value is -2.37. The quantitative estimate of drug-likeness (QED) is 0.692. The number of amides is 1. The summed E-state index contributed by atoms with van der Waals surface area (Å²) in [5.41, 5.74) is -1.07. The van der Waals surface area contributed by atoms with E-state index in [0.717, 1.165) is 0 Å². The van der Waals surface area contributed by atoms with Crippen LogP contribution in [0.15, 0.2) is 51.7 Å². The molecule has 0 radical (unpaired) electrons. The highest BCUT2D eigenvalue weighted by Gasteiger charge is 2.16. The van der Waals surface area contributed by atoms with Crippen molar-refractivity contribution >= 4 is 45.8 Å². The van der Waals surface area contributed by atoms with Crippen LogP contribution < -0.4 is 10.9 Å². The van der Waals surface area contributed by atoms with Crippen LogP contribution in [0.2, 0.25) is 10.0 Å². The molecule has 1 heterocycles. The molecule has 1 amide bonds. The first-order valence-corrected chi connectivity index (χ1v) is 7.20. The second-order valence-corrected chi connectivity index (χ2v) is 5.53. The number of nitrogens with one attached hydrogen (secondary N) is 1. The van der Waals surface area contributed by atoms with Crippen molar-refractivity contribution in [2.75, 3.05) is 5.32 Å². The number of hydrogen-bond acceptors (Lipinski definition) is 3. The van der Waals surface area contributed by atoms with Crippen molar-refractivity contribution < 1.29 is 13.6 Å². The van der Waals surface area contributed by atoms with Crippen molar-refractivity contribution in [3.05, 3.63) is 74.3 Å². The smallest absolute Gasteiger partial charge is 0.349 e. The van der Waals surface area contributed by atoms with Crippen molar-refractivity contribution in [2.24, 2.45) is 0 Å². The summed E-state index contributed by atoms with van der Waals surface area (Å²) >= 11 is 11.8. The van der Waals surface area contributed by atoms with Crippen LogP contribution in [0, 0.1) is 5.82 Å². The average Bonchev–Trinajstić information content (AvgIpc) is 2.49. The Morgan fingerprint density at radius 3 is 2.61 bits per heavy atom. The first-order valence-electron chi connectivity index (χ1n) is 6.44. The molecule has 0 bridgehead atoms. The zero-order valence-corrected chi connectivity index (χ0v) is 12.9. The molecule has 0 aliphatic heterocycles. The zero-order valence-electron chi connectivity index (χ0n) is 11.4. The first-order chi connectivity index (χ1) is 11.0. The fourth-order valence-electron chi connectivity index (χ4n) is 2.07. The van der Waals surface area contributed by atoms with E-state index >= 15 is 0 Å². The van der Waals surface area contributed by atoms with Crippen molar-refractivity contribution in [3.8, 4) is 0 Å². The molecule has 3 rings (SSSR count). The predicted octanol–water partition coefficient (Wildman–Crippen LogP) is 4.49. The Morgan fingerprint density at radius 1 is 1.13 bits per heavy atom. The van der Waals surface area contributed by atoms with Crippen molar-refractivity contribution in [3.63, 3.8) is 0 Å². The van der Waals surface area contributed by atoms with E-state index in [4.69, 9.17) is 27.6 Å². The van der Waals surface area contributed by atoms with Gasteiger partial charge in [0.2, 0.25) is 0 Å². The van der Waals surface area contributed by atoms with Gasteiger partial charge in [0.15, 0.2) is 5.58 Å². The van der Waals surface area contributed by atoms with Crippen LogP contribution in [0.1, 0.15) is 10.4 Å². The van der Waals surface area contributed by atoms with E-state index < -0.39 is 17.3 Å². The van der Waals surface area contributed by atoms with Gasteiger partial charge >= 0.3 is 5.63 Å². The third-order valence-corrected chi connectivity index (χ3v) is 3.62. The number of benzene rings is 2. The molecule has 23 heavy (non-hydrogen) atoms. The summed E-state index contributed by atoms with van der Waals surface area (Å²) in [7, 11) is 0. The molecule has 0 saturated carbocycles. The van der Waals surface area contributed by atoms with Gasteiger partial charge in [-0.05, 0) is 30.3 Å². The minimum Gasteiger partial charge on any atom is -0.421 e. The van der Waals surface area contributed by atoms with Gasteiger partial charge in [0.25, 0.3) is 5.91 Å². The lowest BCUT2D eigenvalue weighted by molar-refractivity contribution is 0.102. The Bertz CT molecular complexity index is 985. The average molecular weight is 352 g/mol. The second-order valence-electron chi connectivity index (χ2n) is 4.69. The SMILES string of the molecule is O=C(Nc1ccccc1F)c1cc2cc(Cl)cc(Cl)c2oc1=O. The summed E-state index contributed by atoms with van der Waals surface area (Å²) in [4.78, 5) is 24.2. The molecule has 0 fully saturated rings.